The molecular weight excluding hydrogens is 262 g/mol. The smallest absolute Gasteiger partial charge is 0.308 e. The van der Waals surface area contributed by atoms with Crippen LogP contribution in [0.5, 0.6) is 0 Å². The molecule has 5 heteroatoms. The van der Waals surface area contributed by atoms with Crippen molar-refractivity contribution in [2.75, 3.05) is 0 Å². The standard InChI is InChI=1S/C14H23NO3S/c1-6-12(7-2)19(17)9-8-11(15)10-13(16)18-14(3,4)5/h6-9,11H,1,10,15H2,2-5H3/b9-8+,12-7+. The molecule has 0 bridgehead atoms. The zero-order valence-electron chi connectivity index (χ0n) is 12.0. The van der Waals surface area contributed by atoms with Crippen molar-refractivity contribution in [3.05, 3.63) is 35.1 Å². The van der Waals surface area contributed by atoms with Crippen LogP contribution in [0.15, 0.2) is 35.1 Å². The summed E-state index contributed by atoms with van der Waals surface area (Å²) in [5, 5.41) is 1.46. The lowest BCUT2D eigenvalue weighted by Crippen LogP contribution is -2.29. The van der Waals surface area contributed by atoms with E-state index >= 15 is 0 Å². The molecule has 2 atom stereocenters. The SMILES string of the molecule is C=C/C(=C\C)S(=O)/C=C/C(N)CC(=O)OC(C)(C)C. The minimum atomic E-state index is -1.28. The molecule has 108 valence electrons. The Morgan fingerprint density at radius 3 is 2.47 bits per heavy atom. The van der Waals surface area contributed by atoms with Crippen LogP contribution in [-0.2, 0) is 20.3 Å². The number of ether oxygens (including phenoxy) is 1. The number of carbonyl (C=O) groups excluding carboxylic acids is 1. The van der Waals surface area contributed by atoms with Gasteiger partial charge in [-0.2, -0.15) is 0 Å². The summed E-state index contributed by atoms with van der Waals surface area (Å²) in [4.78, 5) is 12.1. The second-order valence-electron chi connectivity index (χ2n) is 4.98. The Kier molecular flexibility index (Phi) is 7.56. The predicted molar refractivity (Wildman–Crippen MR) is 79.7 cm³/mol. The van der Waals surface area contributed by atoms with Gasteiger partial charge in [0.2, 0.25) is 0 Å². The van der Waals surface area contributed by atoms with Crippen LogP contribution in [0.1, 0.15) is 34.1 Å². The fourth-order valence-corrected chi connectivity index (χ4v) is 2.11. The fraction of sp³-hybridized carbons (Fsp3) is 0.500. The molecule has 0 spiro atoms. The minimum absolute atomic E-state index is 0.0598. The van der Waals surface area contributed by atoms with Gasteiger partial charge < -0.3 is 10.5 Å². The molecule has 0 aromatic rings. The molecule has 0 saturated carbocycles. The molecule has 0 fully saturated rings. The largest absolute Gasteiger partial charge is 0.460 e. The number of carbonyl (C=O) groups is 1. The van der Waals surface area contributed by atoms with Gasteiger partial charge in [-0.15, -0.1) is 0 Å². The van der Waals surface area contributed by atoms with Gasteiger partial charge in [0.1, 0.15) is 5.60 Å². The quantitative estimate of drug-likeness (QED) is 0.601. The van der Waals surface area contributed by atoms with Crippen molar-refractivity contribution in [2.45, 2.75) is 45.8 Å². The molecule has 0 saturated heterocycles. The van der Waals surface area contributed by atoms with Crippen molar-refractivity contribution in [3.63, 3.8) is 0 Å². The summed E-state index contributed by atoms with van der Waals surface area (Å²) in [6, 6.07) is -0.512. The van der Waals surface area contributed by atoms with Gasteiger partial charge >= 0.3 is 5.97 Å². The molecule has 0 amide bonds. The van der Waals surface area contributed by atoms with Gasteiger partial charge in [0.25, 0.3) is 0 Å². The van der Waals surface area contributed by atoms with E-state index in [1.165, 1.54) is 11.5 Å². The van der Waals surface area contributed by atoms with Crippen LogP contribution >= 0.6 is 0 Å². The summed E-state index contributed by atoms with van der Waals surface area (Å²) >= 11 is 0. The highest BCUT2D eigenvalue weighted by Gasteiger charge is 2.17. The van der Waals surface area contributed by atoms with Crippen LogP contribution in [0, 0.1) is 0 Å². The van der Waals surface area contributed by atoms with Crippen molar-refractivity contribution >= 4 is 16.8 Å². The third-order valence-corrected chi connectivity index (χ3v) is 3.26. The Labute approximate surface area is 117 Å². The lowest BCUT2D eigenvalue weighted by molar-refractivity contribution is -0.154. The first-order valence-corrected chi connectivity index (χ1v) is 7.26. The van der Waals surface area contributed by atoms with Gasteiger partial charge in [-0.3, -0.25) is 4.79 Å². The molecule has 4 nitrogen and oxygen atoms in total. The summed E-state index contributed by atoms with van der Waals surface area (Å²) in [5.74, 6) is -0.370. The number of hydrogen-bond acceptors (Lipinski definition) is 4. The van der Waals surface area contributed by atoms with Crippen LogP contribution < -0.4 is 5.73 Å². The Morgan fingerprint density at radius 2 is 2.05 bits per heavy atom. The third-order valence-electron chi connectivity index (χ3n) is 1.99. The molecule has 0 aliphatic carbocycles. The van der Waals surface area contributed by atoms with E-state index in [2.05, 4.69) is 6.58 Å². The molecule has 2 unspecified atom stereocenters. The summed E-state index contributed by atoms with van der Waals surface area (Å²) in [6.45, 7) is 10.7. The molecule has 0 aliphatic heterocycles. The molecule has 2 N–H and O–H groups in total. The molecule has 0 aromatic heterocycles. The van der Waals surface area contributed by atoms with Crippen LogP contribution in [0.3, 0.4) is 0 Å². The van der Waals surface area contributed by atoms with E-state index in [0.717, 1.165) is 0 Å². The number of hydrogen-bond donors (Lipinski definition) is 1. The van der Waals surface area contributed by atoms with E-state index < -0.39 is 22.4 Å². The highest BCUT2D eigenvalue weighted by Crippen LogP contribution is 2.10. The van der Waals surface area contributed by atoms with Crippen LogP contribution in [-0.4, -0.2) is 21.8 Å². The maximum absolute atomic E-state index is 11.7. The van der Waals surface area contributed by atoms with Crippen molar-refractivity contribution in [1.29, 1.82) is 0 Å². The van der Waals surface area contributed by atoms with Crippen LogP contribution in [0.25, 0.3) is 0 Å². The predicted octanol–water partition coefficient (Wildman–Crippen LogP) is 2.40. The lowest BCUT2D eigenvalue weighted by Gasteiger charge is -2.20. The maximum Gasteiger partial charge on any atom is 0.308 e. The molecule has 0 heterocycles. The van der Waals surface area contributed by atoms with Crippen LogP contribution in [0.4, 0.5) is 0 Å². The van der Waals surface area contributed by atoms with Crippen LogP contribution in [0.2, 0.25) is 0 Å². The van der Waals surface area contributed by atoms with Gasteiger partial charge in [-0.1, -0.05) is 24.8 Å². The average Bonchev–Trinajstić information content (AvgIpc) is 2.25. The Morgan fingerprint density at radius 1 is 1.47 bits per heavy atom. The topological polar surface area (TPSA) is 69.4 Å². The zero-order chi connectivity index (χ0) is 15.1. The monoisotopic (exact) mass is 285 g/mol. The van der Waals surface area contributed by atoms with Gasteiger partial charge in [-0.25, -0.2) is 4.21 Å². The molecule has 0 aromatic carbocycles. The summed E-state index contributed by atoms with van der Waals surface area (Å²) < 4.78 is 16.9. The van der Waals surface area contributed by atoms with E-state index in [1.807, 2.05) is 0 Å². The normalized spacial score (nSPS) is 16.2. The van der Waals surface area contributed by atoms with Gasteiger partial charge in [-0.05, 0) is 27.7 Å². The number of esters is 1. The molecule has 19 heavy (non-hydrogen) atoms. The van der Waals surface area contributed by atoms with E-state index in [1.54, 1.807) is 39.8 Å². The molecular formula is C14H23NO3S. The Bertz CT molecular complexity index is 405. The highest BCUT2D eigenvalue weighted by atomic mass is 32.2. The molecule has 0 radical (unpaired) electrons. The Balaban J connectivity index is 4.39. The lowest BCUT2D eigenvalue weighted by atomic mass is 10.2. The first-order valence-electron chi connectivity index (χ1n) is 6.04. The summed E-state index contributed by atoms with van der Waals surface area (Å²) in [7, 11) is -1.28. The van der Waals surface area contributed by atoms with Gasteiger partial charge in [0.15, 0.2) is 0 Å². The van der Waals surface area contributed by atoms with Gasteiger partial charge in [0, 0.05) is 16.4 Å². The maximum atomic E-state index is 11.7. The first-order chi connectivity index (χ1) is 8.69. The van der Waals surface area contributed by atoms with E-state index in [0.29, 0.717) is 4.91 Å². The molecule has 0 aliphatic rings. The third kappa shape index (κ3) is 8.51. The van der Waals surface area contributed by atoms with Gasteiger partial charge in [0.05, 0.1) is 17.2 Å². The van der Waals surface area contributed by atoms with E-state index in [-0.39, 0.29) is 12.4 Å². The summed E-state index contributed by atoms with van der Waals surface area (Å²) in [6.07, 6.45) is 4.85. The Hall–Kier alpha value is -1.20. The van der Waals surface area contributed by atoms with E-state index in [9.17, 15) is 9.00 Å². The highest BCUT2D eigenvalue weighted by molar-refractivity contribution is 7.92. The second kappa shape index (κ2) is 8.07. The molecule has 0 rings (SSSR count). The van der Waals surface area contributed by atoms with Crippen molar-refractivity contribution in [2.24, 2.45) is 5.73 Å². The number of allylic oxidation sites excluding steroid dienone is 2. The van der Waals surface area contributed by atoms with Crippen molar-refractivity contribution in [3.8, 4) is 0 Å². The fourth-order valence-electron chi connectivity index (χ4n) is 1.21. The zero-order valence-corrected chi connectivity index (χ0v) is 12.8. The van der Waals surface area contributed by atoms with Crippen molar-refractivity contribution < 1.29 is 13.7 Å². The first kappa shape index (κ1) is 17.8. The minimum Gasteiger partial charge on any atom is -0.460 e. The summed E-state index contributed by atoms with van der Waals surface area (Å²) in [5.41, 5.74) is 5.23. The number of nitrogens with two attached hydrogens (primary N) is 1. The number of rotatable bonds is 6. The van der Waals surface area contributed by atoms with Crippen molar-refractivity contribution in [1.82, 2.24) is 0 Å². The average molecular weight is 285 g/mol. The van der Waals surface area contributed by atoms with E-state index in [4.69, 9.17) is 10.5 Å². The second-order valence-corrected chi connectivity index (χ2v) is 6.31.